The van der Waals surface area contributed by atoms with E-state index in [0.29, 0.717) is 18.1 Å². The Labute approximate surface area is 109 Å². The van der Waals surface area contributed by atoms with Crippen molar-refractivity contribution < 1.29 is 4.79 Å². The Morgan fingerprint density at radius 3 is 2.50 bits per heavy atom. The molecule has 0 aromatic carbocycles. The minimum Gasteiger partial charge on any atom is -0.328 e. The van der Waals surface area contributed by atoms with Crippen LogP contribution in [0.1, 0.15) is 38.2 Å². The molecule has 1 fully saturated rings. The quantitative estimate of drug-likeness (QED) is 0.887. The second-order valence-electron chi connectivity index (χ2n) is 5.47. The molecule has 2 N–H and O–H groups in total. The molecule has 2 rings (SSSR count). The first-order valence-corrected chi connectivity index (χ1v) is 6.84. The molecule has 1 heterocycles. The maximum absolute atomic E-state index is 12.2. The summed E-state index contributed by atoms with van der Waals surface area (Å²) in [6.07, 6.45) is 8.27. The van der Waals surface area contributed by atoms with Crippen LogP contribution in [-0.4, -0.2) is 16.8 Å². The van der Waals surface area contributed by atoms with Crippen LogP contribution in [0.2, 0.25) is 0 Å². The Balaban J connectivity index is 1.85. The predicted molar refractivity (Wildman–Crippen MR) is 72.0 cm³/mol. The average molecular weight is 246 g/mol. The number of ketones is 1. The largest absolute Gasteiger partial charge is 0.328 e. The molecular formula is C15H22N2O. The molecule has 3 heteroatoms. The fourth-order valence-electron chi connectivity index (χ4n) is 2.81. The van der Waals surface area contributed by atoms with Crippen molar-refractivity contribution in [3.05, 3.63) is 30.1 Å². The van der Waals surface area contributed by atoms with E-state index in [0.717, 1.165) is 31.2 Å². The van der Waals surface area contributed by atoms with Crippen LogP contribution >= 0.6 is 0 Å². The second-order valence-corrected chi connectivity index (χ2v) is 5.47. The zero-order valence-corrected chi connectivity index (χ0v) is 11.0. The first-order chi connectivity index (χ1) is 8.66. The molecule has 1 atom stereocenters. The molecule has 0 radical (unpaired) electrons. The van der Waals surface area contributed by atoms with Gasteiger partial charge < -0.3 is 5.73 Å². The van der Waals surface area contributed by atoms with E-state index in [4.69, 9.17) is 5.73 Å². The summed E-state index contributed by atoms with van der Waals surface area (Å²) in [7, 11) is 0. The lowest BCUT2D eigenvalue weighted by molar-refractivity contribution is -0.123. The number of nitrogens with zero attached hydrogens (tertiary/aromatic N) is 1. The van der Waals surface area contributed by atoms with Crippen molar-refractivity contribution in [1.82, 2.24) is 4.98 Å². The van der Waals surface area contributed by atoms with E-state index < -0.39 is 0 Å². The molecule has 0 amide bonds. The van der Waals surface area contributed by atoms with Gasteiger partial charge in [0.1, 0.15) is 5.78 Å². The van der Waals surface area contributed by atoms with Crippen molar-refractivity contribution in [2.24, 2.45) is 17.6 Å². The van der Waals surface area contributed by atoms with Gasteiger partial charge in [-0.2, -0.15) is 0 Å². The van der Waals surface area contributed by atoms with Gasteiger partial charge >= 0.3 is 0 Å². The number of Topliss-reactive ketones (excluding diaryl/α,β-unsaturated/α-hetero) is 1. The third kappa shape index (κ3) is 3.39. The number of nitrogens with two attached hydrogens (primary N) is 1. The monoisotopic (exact) mass is 246 g/mol. The van der Waals surface area contributed by atoms with Crippen molar-refractivity contribution in [2.75, 3.05) is 0 Å². The summed E-state index contributed by atoms with van der Waals surface area (Å²) in [5, 5.41) is 0. The molecule has 98 valence electrons. The lowest BCUT2D eigenvalue weighted by Gasteiger charge is -2.29. The number of rotatable bonds is 4. The van der Waals surface area contributed by atoms with Gasteiger partial charge in [0.25, 0.3) is 0 Å². The van der Waals surface area contributed by atoms with Crippen molar-refractivity contribution in [2.45, 2.75) is 45.1 Å². The highest BCUT2D eigenvalue weighted by atomic mass is 16.1. The Bertz CT molecular complexity index is 381. The van der Waals surface area contributed by atoms with Crippen molar-refractivity contribution in [3.63, 3.8) is 0 Å². The first kappa shape index (κ1) is 13.2. The van der Waals surface area contributed by atoms with Gasteiger partial charge in [-0.05, 0) is 56.2 Å². The highest BCUT2D eigenvalue weighted by Crippen LogP contribution is 2.31. The SMILES string of the molecule is CC(N)C1CCC(C(=O)Cc2ccncc2)CC1. The second kappa shape index (κ2) is 6.10. The van der Waals surface area contributed by atoms with E-state index in [-0.39, 0.29) is 12.0 Å². The lowest BCUT2D eigenvalue weighted by Crippen LogP contribution is -2.32. The van der Waals surface area contributed by atoms with Crippen LogP contribution in [0.15, 0.2) is 24.5 Å². The fraction of sp³-hybridized carbons (Fsp3) is 0.600. The molecule has 1 aliphatic rings. The van der Waals surface area contributed by atoms with Crippen LogP contribution in [-0.2, 0) is 11.2 Å². The predicted octanol–water partition coefficient (Wildman–Crippen LogP) is 2.35. The normalized spacial score (nSPS) is 25.7. The Morgan fingerprint density at radius 2 is 1.94 bits per heavy atom. The van der Waals surface area contributed by atoms with Crippen LogP contribution in [0.5, 0.6) is 0 Å². The van der Waals surface area contributed by atoms with Gasteiger partial charge in [-0.3, -0.25) is 9.78 Å². The van der Waals surface area contributed by atoms with Crippen LogP contribution in [0, 0.1) is 11.8 Å². The van der Waals surface area contributed by atoms with Gasteiger partial charge in [-0.15, -0.1) is 0 Å². The Hall–Kier alpha value is -1.22. The number of hydrogen-bond donors (Lipinski definition) is 1. The molecule has 0 aliphatic heterocycles. The average Bonchev–Trinajstić information content (AvgIpc) is 2.40. The topological polar surface area (TPSA) is 56.0 Å². The van der Waals surface area contributed by atoms with E-state index in [2.05, 4.69) is 11.9 Å². The molecule has 18 heavy (non-hydrogen) atoms. The van der Waals surface area contributed by atoms with Crippen LogP contribution in [0.3, 0.4) is 0 Å². The summed E-state index contributed by atoms with van der Waals surface area (Å²) < 4.78 is 0. The van der Waals surface area contributed by atoms with E-state index in [1.54, 1.807) is 12.4 Å². The Kier molecular flexibility index (Phi) is 4.48. The summed E-state index contributed by atoms with van der Waals surface area (Å²) >= 11 is 0. The molecule has 3 nitrogen and oxygen atoms in total. The van der Waals surface area contributed by atoms with Crippen molar-refractivity contribution in [1.29, 1.82) is 0 Å². The molecule has 0 saturated heterocycles. The van der Waals surface area contributed by atoms with E-state index in [1.807, 2.05) is 12.1 Å². The van der Waals surface area contributed by atoms with E-state index >= 15 is 0 Å². The number of aromatic nitrogens is 1. The molecule has 1 unspecified atom stereocenters. The van der Waals surface area contributed by atoms with Gasteiger partial charge in [-0.1, -0.05) is 0 Å². The number of hydrogen-bond acceptors (Lipinski definition) is 3. The van der Waals surface area contributed by atoms with Gasteiger partial charge in [0, 0.05) is 30.8 Å². The fourth-order valence-corrected chi connectivity index (χ4v) is 2.81. The first-order valence-electron chi connectivity index (χ1n) is 6.84. The van der Waals surface area contributed by atoms with Crippen LogP contribution < -0.4 is 5.73 Å². The zero-order valence-electron chi connectivity index (χ0n) is 11.0. The third-order valence-corrected chi connectivity index (χ3v) is 4.10. The minimum atomic E-state index is 0.244. The molecule has 1 aliphatic carbocycles. The smallest absolute Gasteiger partial charge is 0.140 e. The summed E-state index contributed by atoms with van der Waals surface area (Å²) in [6.45, 7) is 2.07. The summed E-state index contributed by atoms with van der Waals surface area (Å²) in [4.78, 5) is 16.2. The Morgan fingerprint density at radius 1 is 1.33 bits per heavy atom. The number of carbonyl (C=O) groups excluding carboxylic acids is 1. The number of pyridine rings is 1. The number of carbonyl (C=O) groups is 1. The van der Waals surface area contributed by atoms with Crippen LogP contribution in [0.25, 0.3) is 0 Å². The maximum atomic E-state index is 12.2. The molecular weight excluding hydrogens is 224 g/mol. The molecule has 1 aromatic rings. The van der Waals surface area contributed by atoms with E-state index in [9.17, 15) is 4.79 Å². The summed E-state index contributed by atoms with van der Waals surface area (Å²) in [5.74, 6) is 1.23. The molecule has 1 saturated carbocycles. The molecule has 0 bridgehead atoms. The van der Waals surface area contributed by atoms with E-state index in [1.165, 1.54) is 0 Å². The van der Waals surface area contributed by atoms with Gasteiger partial charge in [0.15, 0.2) is 0 Å². The lowest BCUT2D eigenvalue weighted by atomic mass is 9.77. The minimum absolute atomic E-state index is 0.244. The highest BCUT2D eigenvalue weighted by molar-refractivity contribution is 5.83. The summed E-state index contributed by atoms with van der Waals surface area (Å²) in [5.41, 5.74) is 6.99. The standard InChI is InChI=1S/C15H22N2O/c1-11(16)13-2-4-14(5-3-13)15(18)10-12-6-8-17-9-7-12/h6-9,11,13-14H,2-5,10,16H2,1H3. The summed E-state index contributed by atoms with van der Waals surface area (Å²) in [6, 6.07) is 4.11. The van der Waals surface area contributed by atoms with Gasteiger partial charge in [0.2, 0.25) is 0 Å². The zero-order chi connectivity index (χ0) is 13.0. The third-order valence-electron chi connectivity index (χ3n) is 4.10. The van der Waals surface area contributed by atoms with Crippen molar-refractivity contribution >= 4 is 5.78 Å². The molecule has 1 aromatic heterocycles. The highest BCUT2D eigenvalue weighted by Gasteiger charge is 2.27. The maximum Gasteiger partial charge on any atom is 0.140 e. The van der Waals surface area contributed by atoms with Gasteiger partial charge in [-0.25, -0.2) is 0 Å². The van der Waals surface area contributed by atoms with Crippen LogP contribution in [0.4, 0.5) is 0 Å². The van der Waals surface area contributed by atoms with Crippen molar-refractivity contribution in [3.8, 4) is 0 Å². The molecule has 0 spiro atoms. The van der Waals surface area contributed by atoms with Gasteiger partial charge in [0.05, 0.1) is 0 Å².